The van der Waals surface area contributed by atoms with Gasteiger partial charge in [0.2, 0.25) is 0 Å². The number of carbonyl (C=O) groups excluding carboxylic acids is 1. The summed E-state index contributed by atoms with van der Waals surface area (Å²) in [6, 6.07) is 26.0. The summed E-state index contributed by atoms with van der Waals surface area (Å²) in [5.41, 5.74) is 4.41. The SMILES string of the molecule is O=C(O)c1ccc(CNC(=O)c2cc(-c3ccc(F)cc3)cc3nnn(Cc4ccc5ccc(F)cc5c4)c23)cc1. The van der Waals surface area contributed by atoms with Gasteiger partial charge >= 0.3 is 5.97 Å². The molecule has 2 N–H and O–H groups in total. The molecule has 0 radical (unpaired) electrons. The van der Waals surface area contributed by atoms with Crippen LogP contribution in [0, 0.1) is 11.6 Å². The van der Waals surface area contributed by atoms with E-state index in [9.17, 15) is 18.4 Å². The van der Waals surface area contributed by atoms with Crippen molar-refractivity contribution in [3.8, 4) is 11.1 Å². The summed E-state index contributed by atoms with van der Waals surface area (Å²) >= 11 is 0. The van der Waals surface area contributed by atoms with Gasteiger partial charge in [-0.25, -0.2) is 18.3 Å². The molecule has 0 atom stereocenters. The van der Waals surface area contributed by atoms with Gasteiger partial charge in [0.1, 0.15) is 22.7 Å². The minimum atomic E-state index is -1.03. The summed E-state index contributed by atoms with van der Waals surface area (Å²) in [6.07, 6.45) is 0. The van der Waals surface area contributed by atoms with E-state index in [2.05, 4.69) is 15.6 Å². The Morgan fingerprint density at radius 1 is 0.756 bits per heavy atom. The molecule has 1 aromatic heterocycles. The molecule has 5 aromatic carbocycles. The van der Waals surface area contributed by atoms with Gasteiger partial charge in [0.15, 0.2) is 0 Å². The van der Waals surface area contributed by atoms with Gasteiger partial charge in [-0.3, -0.25) is 4.79 Å². The number of hydrogen-bond acceptors (Lipinski definition) is 4. The Morgan fingerprint density at radius 2 is 1.46 bits per heavy atom. The van der Waals surface area contributed by atoms with Crippen molar-refractivity contribution in [3.63, 3.8) is 0 Å². The quantitative estimate of drug-likeness (QED) is 0.247. The van der Waals surface area contributed by atoms with Gasteiger partial charge in [0, 0.05) is 6.54 Å². The van der Waals surface area contributed by atoms with Gasteiger partial charge in [0.25, 0.3) is 5.91 Å². The second-order valence-electron chi connectivity index (χ2n) is 9.66. The van der Waals surface area contributed by atoms with Crippen LogP contribution in [-0.4, -0.2) is 32.0 Å². The summed E-state index contributed by atoms with van der Waals surface area (Å²) in [5, 5.41) is 22.3. The maximum atomic E-state index is 13.8. The van der Waals surface area contributed by atoms with Crippen LogP contribution < -0.4 is 5.32 Å². The highest BCUT2D eigenvalue weighted by molar-refractivity contribution is 6.06. The topological polar surface area (TPSA) is 97.1 Å². The van der Waals surface area contributed by atoms with Crippen molar-refractivity contribution in [2.75, 3.05) is 0 Å². The van der Waals surface area contributed by atoms with Gasteiger partial charge in [-0.05, 0) is 87.6 Å². The number of carbonyl (C=O) groups is 2. The maximum absolute atomic E-state index is 13.8. The average Bonchev–Trinajstić information content (AvgIpc) is 3.38. The number of nitrogens with zero attached hydrogens (tertiary/aromatic N) is 3. The lowest BCUT2D eigenvalue weighted by Crippen LogP contribution is -2.24. The number of benzene rings is 5. The van der Waals surface area contributed by atoms with E-state index in [1.807, 2.05) is 18.2 Å². The molecule has 7 nitrogen and oxygen atoms in total. The Balaban J connectivity index is 1.37. The fourth-order valence-corrected chi connectivity index (χ4v) is 4.79. The minimum absolute atomic E-state index is 0.153. The van der Waals surface area contributed by atoms with Gasteiger partial charge in [-0.15, -0.1) is 5.10 Å². The molecule has 0 unspecified atom stereocenters. The van der Waals surface area contributed by atoms with E-state index in [1.54, 1.807) is 47.1 Å². The number of nitrogens with one attached hydrogen (secondary N) is 1. The molecule has 0 saturated heterocycles. The fraction of sp³-hybridized carbons (Fsp3) is 0.0625. The summed E-state index contributed by atoms with van der Waals surface area (Å²) < 4.78 is 29.0. The maximum Gasteiger partial charge on any atom is 0.335 e. The molecule has 0 bridgehead atoms. The van der Waals surface area contributed by atoms with Crippen molar-refractivity contribution < 1.29 is 23.5 Å². The zero-order valence-corrected chi connectivity index (χ0v) is 21.5. The molecular weight excluding hydrogens is 526 g/mol. The third-order valence-electron chi connectivity index (χ3n) is 6.88. The van der Waals surface area contributed by atoms with Crippen molar-refractivity contribution in [1.82, 2.24) is 20.3 Å². The number of amides is 1. The van der Waals surface area contributed by atoms with E-state index in [0.717, 1.165) is 21.9 Å². The molecule has 41 heavy (non-hydrogen) atoms. The Bertz CT molecular complexity index is 1930. The summed E-state index contributed by atoms with van der Waals surface area (Å²) in [6.45, 7) is 0.453. The largest absolute Gasteiger partial charge is 0.478 e. The van der Waals surface area contributed by atoms with E-state index in [1.165, 1.54) is 36.4 Å². The lowest BCUT2D eigenvalue weighted by Gasteiger charge is -2.12. The molecule has 0 aliphatic heterocycles. The van der Waals surface area contributed by atoms with Crippen LogP contribution >= 0.6 is 0 Å². The highest BCUT2D eigenvalue weighted by atomic mass is 19.1. The van der Waals surface area contributed by atoms with Gasteiger partial charge in [-0.2, -0.15) is 0 Å². The Kier molecular flexibility index (Phi) is 6.68. The fourth-order valence-electron chi connectivity index (χ4n) is 4.79. The molecule has 9 heteroatoms. The number of carboxylic acid groups (broad SMARTS) is 1. The zero-order valence-electron chi connectivity index (χ0n) is 21.5. The first-order valence-electron chi connectivity index (χ1n) is 12.8. The van der Waals surface area contributed by atoms with Crippen molar-refractivity contribution in [1.29, 1.82) is 0 Å². The highest BCUT2D eigenvalue weighted by Gasteiger charge is 2.19. The lowest BCUT2D eigenvalue weighted by atomic mass is 10.0. The number of hydrogen-bond donors (Lipinski definition) is 2. The first-order valence-corrected chi connectivity index (χ1v) is 12.8. The zero-order chi connectivity index (χ0) is 28.5. The number of rotatable bonds is 7. The predicted octanol–water partition coefficient (Wildman–Crippen LogP) is 6.21. The minimum Gasteiger partial charge on any atom is -0.478 e. The smallest absolute Gasteiger partial charge is 0.335 e. The van der Waals surface area contributed by atoms with E-state index in [0.29, 0.717) is 27.7 Å². The molecule has 0 aliphatic rings. The average molecular weight is 549 g/mol. The molecule has 6 rings (SSSR count). The van der Waals surface area contributed by atoms with Crippen molar-refractivity contribution >= 4 is 33.7 Å². The first-order chi connectivity index (χ1) is 19.8. The van der Waals surface area contributed by atoms with Crippen LogP contribution in [0.5, 0.6) is 0 Å². The van der Waals surface area contributed by atoms with Crippen LogP contribution in [0.4, 0.5) is 8.78 Å². The van der Waals surface area contributed by atoms with Crippen LogP contribution in [0.3, 0.4) is 0 Å². The van der Waals surface area contributed by atoms with Crippen LogP contribution in [0.25, 0.3) is 32.9 Å². The number of aromatic carboxylic acids is 1. The Labute approximate surface area is 232 Å². The number of aromatic nitrogens is 3. The summed E-state index contributed by atoms with van der Waals surface area (Å²) in [7, 11) is 0. The normalized spacial score (nSPS) is 11.2. The van der Waals surface area contributed by atoms with Crippen molar-refractivity contribution in [2.24, 2.45) is 0 Å². The summed E-state index contributed by atoms with van der Waals surface area (Å²) in [4.78, 5) is 24.7. The monoisotopic (exact) mass is 548 g/mol. The second-order valence-corrected chi connectivity index (χ2v) is 9.66. The van der Waals surface area contributed by atoms with Crippen LogP contribution in [0.15, 0.2) is 97.1 Å². The molecule has 1 amide bonds. The number of carboxylic acids is 1. The highest BCUT2D eigenvalue weighted by Crippen LogP contribution is 2.28. The van der Waals surface area contributed by atoms with E-state index < -0.39 is 5.97 Å². The van der Waals surface area contributed by atoms with Gasteiger partial charge in [0.05, 0.1) is 17.7 Å². The molecule has 1 heterocycles. The summed E-state index contributed by atoms with van der Waals surface area (Å²) in [5.74, 6) is -2.11. The second kappa shape index (κ2) is 10.6. The van der Waals surface area contributed by atoms with Crippen molar-refractivity contribution in [2.45, 2.75) is 13.1 Å². The third-order valence-corrected chi connectivity index (χ3v) is 6.88. The van der Waals surface area contributed by atoms with Crippen LogP contribution in [-0.2, 0) is 13.1 Å². The van der Waals surface area contributed by atoms with Crippen LogP contribution in [0.2, 0.25) is 0 Å². The standard InChI is InChI=1S/C32H22F2N4O3/c33-26-10-7-22(8-11-26)25-15-28(31(39)35-17-19-1-5-23(6-2-19)32(40)41)30-29(16-25)36-37-38(30)18-20-3-4-21-9-12-27(34)14-24(21)13-20/h1-16H,17-18H2,(H,35,39)(H,40,41). The van der Waals surface area contributed by atoms with E-state index in [4.69, 9.17) is 5.11 Å². The molecule has 0 spiro atoms. The molecule has 202 valence electrons. The molecule has 6 aromatic rings. The number of halogens is 2. The molecular formula is C32H22F2N4O3. The predicted molar refractivity (Wildman–Crippen MR) is 151 cm³/mol. The van der Waals surface area contributed by atoms with Gasteiger partial charge < -0.3 is 10.4 Å². The Morgan fingerprint density at radius 3 is 2.22 bits per heavy atom. The lowest BCUT2D eigenvalue weighted by molar-refractivity contribution is 0.0696. The Hall–Kier alpha value is -5.44. The third kappa shape index (κ3) is 5.38. The van der Waals surface area contributed by atoms with E-state index in [-0.39, 0.29) is 36.2 Å². The van der Waals surface area contributed by atoms with Crippen molar-refractivity contribution in [3.05, 3.63) is 131 Å². The number of fused-ring (bicyclic) bond motifs is 2. The molecule has 0 aliphatic carbocycles. The van der Waals surface area contributed by atoms with Crippen LogP contribution in [0.1, 0.15) is 31.8 Å². The van der Waals surface area contributed by atoms with Gasteiger partial charge in [-0.1, -0.05) is 47.7 Å². The van der Waals surface area contributed by atoms with E-state index >= 15 is 0 Å². The molecule has 0 fully saturated rings. The first kappa shape index (κ1) is 25.8. The molecule has 0 saturated carbocycles.